The van der Waals surface area contributed by atoms with E-state index in [0.29, 0.717) is 24.5 Å². The van der Waals surface area contributed by atoms with Crippen molar-refractivity contribution in [2.24, 2.45) is 4.40 Å². The third-order valence-electron chi connectivity index (χ3n) is 4.97. The number of hydrogen-bond acceptors (Lipinski definition) is 7. The second-order valence-electron chi connectivity index (χ2n) is 7.91. The van der Waals surface area contributed by atoms with Crippen LogP contribution in [0.5, 0.6) is 0 Å². The van der Waals surface area contributed by atoms with Gasteiger partial charge in [-0.15, -0.1) is 4.40 Å². The van der Waals surface area contributed by atoms with Crippen LogP contribution in [0.25, 0.3) is 0 Å². The van der Waals surface area contributed by atoms with E-state index in [9.17, 15) is 22.8 Å². The van der Waals surface area contributed by atoms with Gasteiger partial charge in [0.25, 0.3) is 15.9 Å². The number of nitrogens with one attached hydrogen (secondary N) is 2. The van der Waals surface area contributed by atoms with Crippen LogP contribution in [0.1, 0.15) is 56.8 Å². The topological polar surface area (TPSA) is 134 Å². The van der Waals surface area contributed by atoms with Crippen LogP contribution in [0.15, 0.2) is 21.4 Å². The lowest BCUT2D eigenvalue weighted by Crippen LogP contribution is -2.46. The molecule has 0 aromatic heterocycles. The lowest BCUT2D eigenvalue weighted by molar-refractivity contribution is -0.127. The molecule has 3 amide bonds. The van der Waals surface area contributed by atoms with E-state index in [-0.39, 0.29) is 21.5 Å². The second-order valence-corrected chi connectivity index (χ2v) is 9.89. The molecule has 0 aliphatic carbocycles. The minimum absolute atomic E-state index is 0.0143. The number of hydrogen-bond donors (Lipinski definition) is 2. The number of esters is 1. The highest BCUT2D eigenvalue weighted by Gasteiger charge is 2.34. The monoisotopic (exact) mass is 484 g/mol. The summed E-state index contributed by atoms with van der Waals surface area (Å²) >= 11 is 6.30. The molecule has 32 heavy (non-hydrogen) atoms. The number of fused-ring (bicyclic) bond motifs is 3. The van der Waals surface area contributed by atoms with Gasteiger partial charge in [0.1, 0.15) is 10.7 Å². The number of halogens is 1. The normalized spacial score (nSPS) is 17.9. The Labute approximate surface area is 191 Å². The molecule has 12 heteroatoms. The number of nitrogens with zero attached hydrogens (tertiary/aromatic N) is 2. The van der Waals surface area contributed by atoms with E-state index >= 15 is 0 Å². The van der Waals surface area contributed by atoms with Gasteiger partial charge in [0.05, 0.1) is 16.3 Å². The number of benzene rings is 1. The summed E-state index contributed by atoms with van der Waals surface area (Å²) in [5.74, 6) is -1.37. The number of sulfonamides is 1. The van der Waals surface area contributed by atoms with Crippen LogP contribution in [0, 0.1) is 0 Å². The van der Waals surface area contributed by atoms with Crippen molar-refractivity contribution < 1.29 is 27.5 Å². The molecular weight excluding hydrogens is 460 g/mol. The van der Waals surface area contributed by atoms with Gasteiger partial charge < -0.3 is 15.0 Å². The van der Waals surface area contributed by atoms with E-state index in [1.807, 2.05) is 4.90 Å². The quantitative estimate of drug-likeness (QED) is 0.627. The van der Waals surface area contributed by atoms with Gasteiger partial charge in [0.2, 0.25) is 0 Å². The van der Waals surface area contributed by atoms with Crippen LogP contribution in [-0.2, 0) is 19.6 Å². The summed E-state index contributed by atoms with van der Waals surface area (Å²) in [4.78, 5) is 38.1. The van der Waals surface area contributed by atoms with Gasteiger partial charge in [-0.05, 0) is 45.7 Å². The van der Waals surface area contributed by atoms with Crippen LogP contribution in [-0.4, -0.2) is 50.9 Å². The number of amides is 3. The highest BCUT2D eigenvalue weighted by atomic mass is 35.5. The van der Waals surface area contributed by atoms with E-state index in [0.717, 1.165) is 25.3 Å². The standard InChI is InChI=1S/C20H25ClN4O6S/c1-11(2)22-20(28)23-18(26)12(3)31-19(27)13-9-16-15(10-14(13)21)25-8-6-4-5-7-17(25)24-32(16,29)30/h9-12H,4-8H2,1-3H3,(H2,22,23,26,28)/t12-/m1/s1. The lowest BCUT2D eigenvalue weighted by atomic mass is 10.1. The molecule has 0 radical (unpaired) electrons. The zero-order valence-corrected chi connectivity index (χ0v) is 19.5. The Kier molecular flexibility index (Phi) is 7.09. The molecule has 1 saturated heterocycles. The molecule has 2 heterocycles. The molecule has 2 aliphatic heterocycles. The Morgan fingerprint density at radius 2 is 1.88 bits per heavy atom. The van der Waals surface area contributed by atoms with Crippen LogP contribution in [0.3, 0.4) is 0 Å². The molecule has 10 nitrogen and oxygen atoms in total. The van der Waals surface area contributed by atoms with Crippen molar-refractivity contribution in [3.8, 4) is 0 Å². The molecule has 0 spiro atoms. The molecule has 1 atom stereocenters. The van der Waals surface area contributed by atoms with Gasteiger partial charge in [-0.2, -0.15) is 8.42 Å². The summed E-state index contributed by atoms with van der Waals surface area (Å²) < 4.78 is 34.5. The fourth-order valence-electron chi connectivity index (χ4n) is 3.44. The minimum atomic E-state index is -4.03. The molecule has 1 aromatic carbocycles. The van der Waals surface area contributed by atoms with Gasteiger partial charge >= 0.3 is 12.0 Å². The van der Waals surface area contributed by atoms with Crippen molar-refractivity contribution in [1.82, 2.24) is 10.6 Å². The lowest BCUT2D eigenvalue weighted by Gasteiger charge is -2.30. The SMILES string of the molecule is CC(C)NC(=O)NC(=O)[C@@H](C)OC(=O)c1cc2c(cc1Cl)N1CCCCCC1=NS2(=O)=O. The summed E-state index contributed by atoms with van der Waals surface area (Å²) in [6.45, 7) is 5.32. The van der Waals surface area contributed by atoms with Gasteiger partial charge in [0.15, 0.2) is 6.10 Å². The Balaban J connectivity index is 1.83. The first kappa shape index (κ1) is 24.0. The minimum Gasteiger partial charge on any atom is -0.449 e. The third-order valence-corrected chi connectivity index (χ3v) is 6.61. The number of rotatable bonds is 4. The zero-order chi connectivity index (χ0) is 23.6. The van der Waals surface area contributed by atoms with Crippen molar-refractivity contribution in [3.63, 3.8) is 0 Å². The van der Waals surface area contributed by atoms with Crippen LogP contribution in [0.2, 0.25) is 5.02 Å². The molecule has 174 valence electrons. The molecule has 1 fully saturated rings. The fourth-order valence-corrected chi connectivity index (χ4v) is 4.94. The number of amidine groups is 1. The average molecular weight is 485 g/mol. The first-order chi connectivity index (χ1) is 15.0. The van der Waals surface area contributed by atoms with Crippen molar-refractivity contribution in [3.05, 3.63) is 22.7 Å². The number of carbonyl (C=O) groups excluding carboxylic acids is 3. The smallest absolute Gasteiger partial charge is 0.340 e. The van der Waals surface area contributed by atoms with E-state index in [1.54, 1.807) is 13.8 Å². The van der Waals surface area contributed by atoms with Crippen molar-refractivity contribution in [2.45, 2.75) is 63.5 Å². The maximum Gasteiger partial charge on any atom is 0.340 e. The Hall–Kier alpha value is -2.66. The molecule has 0 bridgehead atoms. The number of carbonyl (C=O) groups is 3. The first-order valence-corrected chi connectivity index (χ1v) is 12.1. The fraction of sp³-hybridized carbons (Fsp3) is 0.500. The number of urea groups is 1. The van der Waals surface area contributed by atoms with E-state index in [2.05, 4.69) is 15.0 Å². The zero-order valence-electron chi connectivity index (χ0n) is 18.0. The molecule has 2 N–H and O–H groups in total. The van der Waals surface area contributed by atoms with E-state index in [1.165, 1.54) is 13.0 Å². The van der Waals surface area contributed by atoms with Crippen LogP contribution >= 0.6 is 11.6 Å². The molecule has 0 saturated carbocycles. The summed E-state index contributed by atoms with van der Waals surface area (Å²) in [5, 5.41) is 4.53. The maximum absolute atomic E-state index is 12.7. The number of imide groups is 1. The maximum atomic E-state index is 12.7. The highest BCUT2D eigenvalue weighted by molar-refractivity contribution is 7.90. The summed E-state index contributed by atoms with van der Waals surface area (Å²) in [6, 6.07) is 1.61. The van der Waals surface area contributed by atoms with Gasteiger partial charge in [-0.3, -0.25) is 10.1 Å². The van der Waals surface area contributed by atoms with Gasteiger partial charge in [-0.1, -0.05) is 18.0 Å². The van der Waals surface area contributed by atoms with Crippen molar-refractivity contribution >= 4 is 51.1 Å². The summed E-state index contributed by atoms with van der Waals surface area (Å²) in [6.07, 6.45) is 1.89. The molecular formula is C20H25ClN4O6S. The molecule has 2 aliphatic rings. The third kappa shape index (κ3) is 5.21. The predicted molar refractivity (Wildman–Crippen MR) is 119 cm³/mol. The summed E-state index contributed by atoms with van der Waals surface area (Å²) in [5.41, 5.74) is 0.156. The van der Waals surface area contributed by atoms with Crippen LogP contribution < -0.4 is 15.5 Å². The average Bonchev–Trinajstić information content (AvgIpc) is 2.91. The molecule has 3 rings (SSSR count). The number of anilines is 1. The molecule has 1 aromatic rings. The second kappa shape index (κ2) is 9.45. The van der Waals surface area contributed by atoms with Gasteiger partial charge in [0, 0.05) is 19.0 Å². The van der Waals surface area contributed by atoms with E-state index < -0.39 is 34.0 Å². The first-order valence-electron chi connectivity index (χ1n) is 10.3. The Morgan fingerprint density at radius 3 is 2.56 bits per heavy atom. The van der Waals surface area contributed by atoms with Crippen molar-refractivity contribution in [2.75, 3.05) is 11.4 Å². The van der Waals surface area contributed by atoms with E-state index in [4.69, 9.17) is 16.3 Å². The van der Waals surface area contributed by atoms with Crippen LogP contribution in [0.4, 0.5) is 10.5 Å². The number of ether oxygens (including phenoxy) is 1. The predicted octanol–water partition coefficient (Wildman–Crippen LogP) is 2.60. The highest BCUT2D eigenvalue weighted by Crippen LogP contribution is 2.38. The summed E-state index contributed by atoms with van der Waals surface area (Å²) in [7, 11) is -4.03. The van der Waals surface area contributed by atoms with Crippen molar-refractivity contribution in [1.29, 1.82) is 0 Å². The Morgan fingerprint density at radius 1 is 1.16 bits per heavy atom. The van der Waals surface area contributed by atoms with Gasteiger partial charge in [-0.25, -0.2) is 9.59 Å². The largest absolute Gasteiger partial charge is 0.449 e. The Bertz CT molecular complexity index is 1090. The molecule has 0 unspecified atom stereocenters.